The van der Waals surface area contributed by atoms with Gasteiger partial charge in [0.25, 0.3) is 0 Å². The van der Waals surface area contributed by atoms with Gasteiger partial charge in [-0.2, -0.15) is 0 Å². The number of aromatic nitrogens is 2. The average Bonchev–Trinajstić information content (AvgIpc) is 2.30. The summed E-state index contributed by atoms with van der Waals surface area (Å²) in [4.78, 5) is 18.4. The summed E-state index contributed by atoms with van der Waals surface area (Å²) in [5.41, 5.74) is -0.0608. The lowest BCUT2D eigenvalue weighted by atomic mass is 10.2. The number of anilines is 1. The van der Waals surface area contributed by atoms with Gasteiger partial charge in [0.05, 0.1) is 25.0 Å². The number of rotatable bonds is 7. The largest absolute Gasteiger partial charge is 0.476 e. The molecule has 1 unspecified atom stereocenters. The minimum atomic E-state index is -1.08. The molecule has 0 saturated carbocycles. The lowest BCUT2D eigenvalue weighted by Crippen LogP contribution is -2.25. The fourth-order valence-corrected chi connectivity index (χ4v) is 1.47. The number of nitrogens with one attached hydrogen (secondary N) is 1. The van der Waals surface area contributed by atoms with E-state index in [9.17, 15) is 4.79 Å². The van der Waals surface area contributed by atoms with Crippen LogP contribution in [-0.4, -0.2) is 40.8 Å². The van der Waals surface area contributed by atoms with E-state index >= 15 is 0 Å². The average molecular weight is 239 g/mol. The zero-order valence-electron chi connectivity index (χ0n) is 10.0. The minimum Gasteiger partial charge on any atom is -0.476 e. The van der Waals surface area contributed by atoms with Gasteiger partial charge < -0.3 is 15.2 Å². The maximum Gasteiger partial charge on any atom is 0.356 e. The highest BCUT2D eigenvalue weighted by Gasteiger charge is 2.09. The van der Waals surface area contributed by atoms with Gasteiger partial charge in [0, 0.05) is 7.11 Å². The van der Waals surface area contributed by atoms with E-state index in [0.717, 1.165) is 12.8 Å². The second-order valence-corrected chi connectivity index (χ2v) is 3.68. The van der Waals surface area contributed by atoms with Crippen molar-refractivity contribution in [2.45, 2.75) is 25.8 Å². The zero-order chi connectivity index (χ0) is 12.7. The molecule has 0 fully saturated rings. The normalized spacial score (nSPS) is 12.1. The number of aromatic carboxylic acids is 1. The Bertz CT molecular complexity index is 347. The molecule has 17 heavy (non-hydrogen) atoms. The number of carboxylic acid groups (broad SMARTS) is 1. The molecule has 1 aromatic heterocycles. The van der Waals surface area contributed by atoms with E-state index in [1.54, 1.807) is 7.11 Å². The van der Waals surface area contributed by atoms with E-state index in [-0.39, 0.29) is 11.7 Å². The lowest BCUT2D eigenvalue weighted by molar-refractivity contribution is 0.0690. The molecule has 0 amide bonds. The number of hydrogen-bond donors (Lipinski definition) is 2. The standard InChI is InChI=1S/C11H17N3O3/c1-3-4-8(7-17-2)14-10-6-12-9(5-13-10)11(15)16/h5-6,8H,3-4,7H2,1-2H3,(H,13,14)(H,15,16). The van der Waals surface area contributed by atoms with Gasteiger partial charge in [0.1, 0.15) is 5.82 Å². The number of carboxylic acids is 1. The second kappa shape index (κ2) is 6.80. The predicted octanol–water partition coefficient (Wildman–Crippen LogP) is 1.40. The molecular formula is C11H17N3O3. The summed E-state index contributed by atoms with van der Waals surface area (Å²) in [6, 6.07) is 0.162. The Labute approximate surface area is 100 Å². The monoisotopic (exact) mass is 239 g/mol. The van der Waals surface area contributed by atoms with Crippen molar-refractivity contribution in [2.75, 3.05) is 19.0 Å². The maximum absolute atomic E-state index is 10.6. The summed E-state index contributed by atoms with van der Waals surface area (Å²) in [6.45, 7) is 2.67. The zero-order valence-corrected chi connectivity index (χ0v) is 10.0. The summed E-state index contributed by atoms with van der Waals surface area (Å²) >= 11 is 0. The van der Waals surface area contributed by atoms with E-state index in [1.165, 1.54) is 12.4 Å². The van der Waals surface area contributed by atoms with Crippen LogP contribution in [0.3, 0.4) is 0 Å². The molecular weight excluding hydrogens is 222 g/mol. The Morgan fingerprint density at radius 1 is 1.53 bits per heavy atom. The number of nitrogens with zero attached hydrogens (tertiary/aromatic N) is 2. The third kappa shape index (κ3) is 4.36. The predicted molar refractivity (Wildman–Crippen MR) is 63.2 cm³/mol. The minimum absolute atomic E-state index is 0.0608. The Balaban J connectivity index is 2.62. The Morgan fingerprint density at radius 3 is 2.76 bits per heavy atom. The van der Waals surface area contributed by atoms with Gasteiger partial charge in [0.2, 0.25) is 0 Å². The molecule has 0 aliphatic rings. The molecule has 2 N–H and O–H groups in total. The van der Waals surface area contributed by atoms with Crippen molar-refractivity contribution in [3.8, 4) is 0 Å². The number of methoxy groups -OCH3 is 1. The van der Waals surface area contributed by atoms with Crippen molar-refractivity contribution >= 4 is 11.8 Å². The highest BCUT2D eigenvalue weighted by molar-refractivity contribution is 5.84. The molecule has 6 nitrogen and oxygen atoms in total. The fourth-order valence-electron chi connectivity index (χ4n) is 1.47. The summed E-state index contributed by atoms with van der Waals surface area (Å²) in [5.74, 6) is -0.517. The molecule has 0 aromatic carbocycles. The third-order valence-corrected chi connectivity index (χ3v) is 2.23. The van der Waals surface area contributed by atoms with Crippen molar-refractivity contribution in [3.63, 3.8) is 0 Å². The Morgan fingerprint density at radius 2 is 2.29 bits per heavy atom. The van der Waals surface area contributed by atoms with E-state index in [1.807, 2.05) is 0 Å². The van der Waals surface area contributed by atoms with Crippen LogP contribution in [0.15, 0.2) is 12.4 Å². The van der Waals surface area contributed by atoms with Crippen molar-refractivity contribution in [1.82, 2.24) is 9.97 Å². The van der Waals surface area contributed by atoms with Crippen LogP contribution >= 0.6 is 0 Å². The highest BCUT2D eigenvalue weighted by atomic mass is 16.5. The molecule has 1 rings (SSSR count). The summed E-state index contributed by atoms with van der Waals surface area (Å²) in [7, 11) is 1.64. The fraction of sp³-hybridized carbons (Fsp3) is 0.545. The van der Waals surface area contributed by atoms with Crippen molar-refractivity contribution in [2.24, 2.45) is 0 Å². The molecule has 0 saturated heterocycles. The van der Waals surface area contributed by atoms with Gasteiger partial charge in [0.15, 0.2) is 5.69 Å². The van der Waals surface area contributed by atoms with Gasteiger partial charge in [-0.15, -0.1) is 0 Å². The first-order chi connectivity index (χ1) is 8.17. The first-order valence-corrected chi connectivity index (χ1v) is 5.48. The summed E-state index contributed by atoms with van der Waals surface area (Å²) in [6.07, 6.45) is 4.64. The van der Waals surface area contributed by atoms with Crippen LogP contribution in [0.25, 0.3) is 0 Å². The first kappa shape index (κ1) is 13.4. The third-order valence-electron chi connectivity index (χ3n) is 2.23. The van der Waals surface area contributed by atoms with Crippen LogP contribution in [0.2, 0.25) is 0 Å². The van der Waals surface area contributed by atoms with Gasteiger partial charge in [-0.05, 0) is 6.42 Å². The van der Waals surface area contributed by atoms with Crippen LogP contribution in [0, 0.1) is 0 Å². The van der Waals surface area contributed by atoms with Gasteiger partial charge >= 0.3 is 5.97 Å². The molecule has 0 aliphatic heterocycles. The SMILES string of the molecule is CCCC(COC)Nc1cnc(C(=O)O)cn1. The van der Waals surface area contributed by atoms with E-state index in [4.69, 9.17) is 9.84 Å². The molecule has 1 atom stereocenters. The van der Waals surface area contributed by atoms with Gasteiger partial charge in [-0.3, -0.25) is 0 Å². The summed E-state index contributed by atoms with van der Waals surface area (Å²) < 4.78 is 5.09. The van der Waals surface area contributed by atoms with Crippen molar-refractivity contribution < 1.29 is 14.6 Å². The lowest BCUT2D eigenvalue weighted by Gasteiger charge is -2.17. The Hall–Kier alpha value is -1.69. The van der Waals surface area contributed by atoms with Gasteiger partial charge in [-0.25, -0.2) is 14.8 Å². The molecule has 1 heterocycles. The van der Waals surface area contributed by atoms with Crippen LogP contribution in [0.5, 0.6) is 0 Å². The second-order valence-electron chi connectivity index (χ2n) is 3.68. The van der Waals surface area contributed by atoms with Crippen LogP contribution in [-0.2, 0) is 4.74 Å². The highest BCUT2D eigenvalue weighted by Crippen LogP contribution is 2.07. The molecule has 0 bridgehead atoms. The van der Waals surface area contributed by atoms with E-state index in [2.05, 4.69) is 22.2 Å². The quantitative estimate of drug-likeness (QED) is 0.748. The molecule has 6 heteroatoms. The van der Waals surface area contributed by atoms with Gasteiger partial charge in [-0.1, -0.05) is 13.3 Å². The molecule has 94 valence electrons. The number of hydrogen-bond acceptors (Lipinski definition) is 5. The van der Waals surface area contributed by atoms with Crippen LogP contribution in [0.1, 0.15) is 30.3 Å². The number of ether oxygens (including phenoxy) is 1. The molecule has 0 spiro atoms. The first-order valence-electron chi connectivity index (χ1n) is 5.48. The topological polar surface area (TPSA) is 84.3 Å². The summed E-state index contributed by atoms with van der Waals surface area (Å²) in [5, 5.41) is 11.8. The molecule has 0 aliphatic carbocycles. The smallest absolute Gasteiger partial charge is 0.356 e. The van der Waals surface area contributed by atoms with Crippen molar-refractivity contribution in [1.29, 1.82) is 0 Å². The van der Waals surface area contributed by atoms with Crippen LogP contribution < -0.4 is 5.32 Å². The van der Waals surface area contributed by atoms with Crippen LogP contribution in [0.4, 0.5) is 5.82 Å². The number of carbonyl (C=O) groups is 1. The van der Waals surface area contributed by atoms with Crippen molar-refractivity contribution in [3.05, 3.63) is 18.1 Å². The molecule has 1 aromatic rings. The van der Waals surface area contributed by atoms with E-state index < -0.39 is 5.97 Å². The maximum atomic E-state index is 10.6. The van der Waals surface area contributed by atoms with E-state index in [0.29, 0.717) is 12.4 Å². The molecule has 0 radical (unpaired) electrons. The Kier molecular flexibility index (Phi) is 5.35.